The highest BCUT2D eigenvalue weighted by atomic mass is 35.5. The topological polar surface area (TPSA) is 22.1 Å². The molecule has 0 amide bonds. The molecule has 1 aliphatic rings. The molecule has 0 radical (unpaired) electrons. The summed E-state index contributed by atoms with van der Waals surface area (Å²) in [5, 5.41) is 2.22. The summed E-state index contributed by atoms with van der Waals surface area (Å²) in [6.07, 6.45) is 5.68. The summed E-state index contributed by atoms with van der Waals surface area (Å²) in [6, 6.07) is 8.23. The van der Waals surface area contributed by atoms with Gasteiger partial charge in [-0.05, 0) is 48.1 Å². The van der Waals surface area contributed by atoms with Crippen LogP contribution in [0, 0.1) is 11.8 Å². The third kappa shape index (κ3) is 3.16. The van der Waals surface area contributed by atoms with Gasteiger partial charge in [0.1, 0.15) is 6.10 Å². The highest BCUT2D eigenvalue weighted by Gasteiger charge is 2.26. The van der Waals surface area contributed by atoms with E-state index in [1.165, 1.54) is 6.42 Å². The zero-order chi connectivity index (χ0) is 14.8. The molecule has 112 valence electrons. The first-order valence-corrected chi connectivity index (χ1v) is 8.30. The van der Waals surface area contributed by atoms with Crippen molar-refractivity contribution in [3.8, 4) is 5.88 Å². The predicted molar refractivity (Wildman–Crippen MR) is 87.9 cm³/mol. The zero-order valence-electron chi connectivity index (χ0n) is 12.7. The van der Waals surface area contributed by atoms with E-state index < -0.39 is 0 Å². The highest BCUT2D eigenvalue weighted by Crippen LogP contribution is 2.33. The minimum absolute atomic E-state index is 0.279. The summed E-state index contributed by atoms with van der Waals surface area (Å²) in [6.45, 7) is 4.63. The maximum absolute atomic E-state index is 6.25. The Morgan fingerprint density at radius 1 is 1.10 bits per heavy atom. The number of alkyl halides is 1. The lowest BCUT2D eigenvalue weighted by atomic mass is 9.82. The van der Waals surface area contributed by atoms with E-state index in [-0.39, 0.29) is 6.10 Å². The Bertz CT molecular complexity index is 618. The first-order valence-electron chi connectivity index (χ1n) is 7.76. The summed E-state index contributed by atoms with van der Waals surface area (Å²) in [5.74, 6) is 2.69. The van der Waals surface area contributed by atoms with Crippen molar-refractivity contribution in [3.63, 3.8) is 0 Å². The van der Waals surface area contributed by atoms with Gasteiger partial charge in [-0.1, -0.05) is 32.0 Å². The van der Waals surface area contributed by atoms with Crippen molar-refractivity contribution < 1.29 is 4.74 Å². The van der Waals surface area contributed by atoms with Crippen molar-refractivity contribution in [2.45, 2.75) is 45.1 Å². The van der Waals surface area contributed by atoms with Gasteiger partial charge < -0.3 is 4.74 Å². The molecule has 1 aromatic heterocycles. The molecule has 0 N–H and O–H groups in total. The molecule has 21 heavy (non-hydrogen) atoms. The molecule has 2 aromatic rings. The first kappa shape index (κ1) is 14.6. The van der Waals surface area contributed by atoms with Gasteiger partial charge >= 0.3 is 0 Å². The molecule has 3 rings (SSSR count). The summed E-state index contributed by atoms with van der Waals surface area (Å²) >= 11 is 6.01. The van der Waals surface area contributed by atoms with E-state index in [4.69, 9.17) is 16.3 Å². The summed E-state index contributed by atoms with van der Waals surface area (Å²) < 4.78 is 6.25. The SMILES string of the molecule is CC1CC(C)CC(Oc2ncc(CCl)c3ccccc23)C1. The van der Waals surface area contributed by atoms with E-state index >= 15 is 0 Å². The van der Waals surface area contributed by atoms with E-state index in [2.05, 4.69) is 31.0 Å². The summed E-state index contributed by atoms with van der Waals surface area (Å²) in [5.41, 5.74) is 1.06. The van der Waals surface area contributed by atoms with Crippen molar-refractivity contribution in [2.24, 2.45) is 11.8 Å². The number of benzene rings is 1. The van der Waals surface area contributed by atoms with Gasteiger partial charge in [0, 0.05) is 17.5 Å². The molecule has 1 fully saturated rings. The fourth-order valence-electron chi connectivity index (χ4n) is 3.55. The first-order chi connectivity index (χ1) is 10.2. The van der Waals surface area contributed by atoms with Gasteiger partial charge in [-0.15, -0.1) is 11.6 Å². The molecule has 1 heterocycles. The monoisotopic (exact) mass is 303 g/mol. The molecule has 1 saturated carbocycles. The minimum Gasteiger partial charge on any atom is -0.474 e. The smallest absolute Gasteiger partial charge is 0.221 e. The Balaban J connectivity index is 1.90. The molecular formula is C18H22ClNO. The number of rotatable bonds is 3. The molecule has 0 saturated heterocycles. The largest absolute Gasteiger partial charge is 0.474 e. The molecule has 1 aliphatic carbocycles. The van der Waals surface area contributed by atoms with Crippen LogP contribution in [0.1, 0.15) is 38.7 Å². The van der Waals surface area contributed by atoms with Gasteiger partial charge in [0.05, 0.1) is 0 Å². The number of pyridine rings is 1. The Labute approximate surface area is 131 Å². The molecule has 0 aliphatic heterocycles. The van der Waals surface area contributed by atoms with Crippen molar-refractivity contribution in [1.82, 2.24) is 4.98 Å². The quantitative estimate of drug-likeness (QED) is 0.729. The molecule has 3 heteroatoms. The second-order valence-electron chi connectivity index (χ2n) is 6.43. The van der Waals surface area contributed by atoms with Gasteiger partial charge in [-0.3, -0.25) is 0 Å². The highest BCUT2D eigenvalue weighted by molar-refractivity contribution is 6.18. The standard InChI is InChI=1S/C18H22ClNO/c1-12-7-13(2)9-15(8-12)21-18-17-6-4-3-5-16(17)14(10-19)11-20-18/h3-6,11-13,15H,7-10H2,1-2H3. The summed E-state index contributed by atoms with van der Waals surface area (Å²) in [7, 11) is 0. The second-order valence-corrected chi connectivity index (χ2v) is 6.69. The fraction of sp³-hybridized carbons (Fsp3) is 0.500. The Morgan fingerprint density at radius 2 is 1.76 bits per heavy atom. The molecule has 1 aromatic carbocycles. The van der Waals surface area contributed by atoms with Crippen LogP contribution in [0.3, 0.4) is 0 Å². The van der Waals surface area contributed by atoms with Crippen LogP contribution in [0.2, 0.25) is 0 Å². The Morgan fingerprint density at radius 3 is 2.43 bits per heavy atom. The van der Waals surface area contributed by atoms with Crippen LogP contribution in [-0.2, 0) is 5.88 Å². The van der Waals surface area contributed by atoms with Crippen molar-refractivity contribution in [3.05, 3.63) is 36.0 Å². The second kappa shape index (κ2) is 6.23. The fourth-order valence-corrected chi connectivity index (χ4v) is 3.77. The Hall–Kier alpha value is -1.28. The minimum atomic E-state index is 0.279. The molecular weight excluding hydrogens is 282 g/mol. The third-order valence-electron chi connectivity index (χ3n) is 4.40. The lowest BCUT2D eigenvalue weighted by Crippen LogP contribution is -2.28. The normalized spacial score (nSPS) is 26.0. The molecule has 0 spiro atoms. The van der Waals surface area contributed by atoms with E-state index in [1.807, 2.05) is 18.3 Å². The van der Waals surface area contributed by atoms with Gasteiger partial charge in [0.15, 0.2) is 0 Å². The summed E-state index contributed by atoms with van der Waals surface area (Å²) in [4.78, 5) is 4.52. The molecule has 2 unspecified atom stereocenters. The van der Waals surface area contributed by atoms with E-state index in [0.717, 1.165) is 46.9 Å². The van der Waals surface area contributed by atoms with Crippen molar-refractivity contribution >= 4 is 22.4 Å². The van der Waals surface area contributed by atoms with Crippen LogP contribution in [0.5, 0.6) is 5.88 Å². The maximum atomic E-state index is 6.25. The van der Waals surface area contributed by atoms with E-state index in [1.54, 1.807) is 0 Å². The third-order valence-corrected chi connectivity index (χ3v) is 4.69. The average Bonchev–Trinajstić information content (AvgIpc) is 2.46. The zero-order valence-corrected chi connectivity index (χ0v) is 13.4. The number of halogens is 1. The van der Waals surface area contributed by atoms with Crippen LogP contribution >= 0.6 is 11.6 Å². The number of ether oxygens (including phenoxy) is 1. The average molecular weight is 304 g/mol. The number of fused-ring (bicyclic) bond motifs is 1. The van der Waals surface area contributed by atoms with E-state index in [9.17, 15) is 0 Å². The van der Waals surface area contributed by atoms with Crippen molar-refractivity contribution in [2.75, 3.05) is 0 Å². The number of hydrogen-bond donors (Lipinski definition) is 0. The van der Waals surface area contributed by atoms with Crippen LogP contribution in [0.25, 0.3) is 10.8 Å². The van der Waals surface area contributed by atoms with Gasteiger partial charge in [0.2, 0.25) is 5.88 Å². The number of aromatic nitrogens is 1. The molecule has 2 nitrogen and oxygen atoms in total. The number of nitrogens with zero attached hydrogens (tertiary/aromatic N) is 1. The van der Waals surface area contributed by atoms with E-state index in [0.29, 0.717) is 5.88 Å². The molecule has 2 atom stereocenters. The maximum Gasteiger partial charge on any atom is 0.221 e. The Kier molecular flexibility index (Phi) is 4.34. The van der Waals surface area contributed by atoms with Crippen LogP contribution < -0.4 is 4.74 Å². The molecule has 0 bridgehead atoms. The van der Waals surface area contributed by atoms with Crippen molar-refractivity contribution in [1.29, 1.82) is 0 Å². The number of hydrogen-bond acceptors (Lipinski definition) is 2. The van der Waals surface area contributed by atoms with Crippen LogP contribution in [-0.4, -0.2) is 11.1 Å². The predicted octanol–water partition coefficient (Wildman–Crippen LogP) is 5.18. The van der Waals surface area contributed by atoms with Crippen LogP contribution in [0.4, 0.5) is 0 Å². The van der Waals surface area contributed by atoms with Gasteiger partial charge in [-0.25, -0.2) is 4.98 Å². The van der Waals surface area contributed by atoms with Gasteiger partial charge in [0.25, 0.3) is 0 Å². The lowest BCUT2D eigenvalue weighted by molar-refractivity contribution is 0.0983. The van der Waals surface area contributed by atoms with Crippen LogP contribution in [0.15, 0.2) is 30.5 Å². The lowest BCUT2D eigenvalue weighted by Gasteiger charge is -2.31. The van der Waals surface area contributed by atoms with Gasteiger partial charge in [-0.2, -0.15) is 0 Å².